The van der Waals surface area contributed by atoms with E-state index in [4.69, 9.17) is 19.8 Å². The Balaban J connectivity index is 1.35. The lowest BCUT2D eigenvalue weighted by Crippen LogP contribution is -2.13. The van der Waals surface area contributed by atoms with Crippen molar-refractivity contribution >= 4 is 5.90 Å². The molecule has 0 aliphatic carbocycles. The van der Waals surface area contributed by atoms with Crippen molar-refractivity contribution in [3.05, 3.63) is 159 Å². The van der Waals surface area contributed by atoms with Crippen LogP contribution in [0.15, 0.2) is 114 Å². The zero-order valence-corrected chi connectivity index (χ0v) is 32.8. The zero-order chi connectivity index (χ0) is 36.9. The molecule has 1 fully saturated rings. The van der Waals surface area contributed by atoms with Crippen LogP contribution < -0.4 is 0 Å². The van der Waals surface area contributed by atoms with Gasteiger partial charge in [-0.25, -0.2) is 4.99 Å². The molecule has 0 spiro atoms. The highest BCUT2D eigenvalue weighted by Crippen LogP contribution is 2.50. The summed E-state index contributed by atoms with van der Waals surface area (Å²) in [5.74, 6) is 1.07. The number of benzene rings is 4. The van der Waals surface area contributed by atoms with Gasteiger partial charge in [0.15, 0.2) is 6.10 Å². The van der Waals surface area contributed by atoms with Crippen LogP contribution in [-0.2, 0) is 31.1 Å². The zero-order valence-electron chi connectivity index (χ0n) is 32.8. The summed E-state index contributed by atoms with van der Waals surface area (Å²) < 4.78 is 13.4. The van der Waals surface area contributed by atoms with E-state index in [2.05, 4.69) is 180 Å². The fraction of sp³-hybridized carbons (Fsp3) is 0.426. The Hall–Kier alpha value is -4.31. The smallest absolute Gasteiger partial charge is 0.211 e. The Morgan fingerprint density at radius 3 is 1.20 bits per heavy atom. The van der Waals surface area contributed by atoms with E-state index in [1.54, 1.807) is 0 Å². The third kappa shape index (κ3) is 8.11. The van der Waals surface area contributed by atoms with Crippen molar-refractivity contribution in [2.24, 2.45) is 4.99 Å². The minimum atomic E-state index is -0.269. The van der Waals surface area contributed by atoms with E-state index in [1.165, 1.54) is 22.3 Å². The maximum atomic E-state index is 6.72. The van der Waals surface area contributed by atoms with Crippen LogP contribution in [0.4, 0.5) is 0 Å². The molecule has 2 heterocycles. The van der Waals surface area contributed by atoms with Crippen molar-refractivity contribution in [1.29, 1.82) is 0 Å². The number of aliphatic imine (C=N–C) groups is 1. The molecular formula is C47H57N2O2-. The van der Waals surface area contributed by atoms with Crippen molar-refractivity contribution in [2.45, 2.75) is 129 Å². The Bertz CT molecular complexity index is 1800. The predicted octanol–water partition coefficient (Wildman–Crippen LogP) is 12.8. The van der Waals surface area contributed by atoms with Gasteiger partial charge in [0, 0.05) is 12.0 Å². The molecule has 0 aromatic heterocycles. The summed E-state index contributed by atoms with van der Waals surface area (Å²) in [5, 5.41) is 5.19. The molecule has 1 saturated heterocycles. The van der Waals surface area contributed by atoms with E-state index in [0.29, 0.717) is 11.8 Å². The minimum absolute atomic E-state index is 0.0673. The molecule has 0 amide bonds. The third-order valence-corrected chi connectivity index (χ3v) is 10.3. The van der Waals surface area contributed by atoms with Crippen molar-refractivity contribution < 1.29 is 9.47 Å². The highest BCUT2D eigenvalue weighted by atomic mass is 16.5. The molecule has 0 N–H and O–H groups in total. The third-order valence-electron chi connectivity index (χ3n) is 10.3. The summed E-state index contributed by atoms with van der Waals surface area (Å²) >= 11 is 0. The Kier molecular flexibility index (Phi) is 9.55. The standard InChI is InChI=1S/C47H57N2O2/c1-44(2,3)34-21-13-30(14-22-34)40-42(32-17-25-36(26-18-32)46(7,8)9)50-38(48-40)29-39-49-41(31-15-23-35(24-16-31)45(4,5)6)43(51-39)33-19-27-37(28-20-33)47(10,11)12/h13-29,40-43H,1-12H3/q-1/b38-29+/t40-,41-,42-,43-/m0/s1. The first-order valence-corrected chi connectivity index (χ1v) is 18.5. The highest BCUT2D eigenvalue weighted by Gasteiger charge is 2.35. The Labute approximate surface area is 307 Å². The van der Waals surface area contributed by atoms with Gasteiger partial charge in [0.05, 0.1) is 0 Å². The molecule has 4 atom stereocenters. The molecule has 2 aliphatic rings. The van der Waals surface area contributed by atoms with Gasteiger partial charge in [0.1, 0.15) is 12.1 Å². The van der Waals surface area contributed by atoms with E-state index in [0.717, 1.165) is 22.3 Å². The lowest BCUT2D eigenvalue weighted by atomic mass is 9.84. The lowest BCUT2D eigenvalue weighted by molar-refractivity contribution is 0.150. The van der Waals surface area contributed by atoms with E-state index in [1.807, 2.05) is 6.08 Å². The van der Waals surface area contributed by atoms with Gasteiger partial charge in [-0.2, -0.15) is 0 Å². The second-order valence-electron chi connectivity index (χ2n) is 18.5. The predicted molar refractivity (Wildman–Crippen MR) is 213 cm³/mol. The summed E-state index contributed by atoms with van der Waals surface area (Å²) in [7, 11) is 0. The van der Waals surface area contributed by atoms with Gasteiger partial charge in [-0.05, 0) is 66.6 Å². The maximum absolute atomic E-state index is 6.72. The van der Waals surface area contributed by atoms with Crippen molar-refractivity contribution in [3.8, 4) is 0 Å². The second-order valence-corrected chi connectivity index (χ2v) is 18.5. The van der Waals surface area contributed by atoms with Crippen molar-refractivity contribution in [3.63, 3.8) is 0 Å². The highest BCUT2D eigenvalue weighted by molar-refractivity contribution is 5.90. The molecule has 0 radical (unpaired) electrons. The maximum Gasteiger partial charge on any atom is 0.211 e. The van der Waals surface area contributed by atoms with Gasteiger partial charge in [-0.1, -0.05) is 186 Å². The largest absolute Gasteiger partial charge is 0.644 e. The van der Waals surface area contributed by atoms with Crippen LogP contribution in [-0.4, -0.2) is 5.90 Å². The van der Waals surface area contributed by atoms with Crippen LogP contribution in [0.25, 0.3) is 5.32 Å². The first-order chi connectivity index (χ1) is 23.8. The Morgan fingerprint density at radius 1 is 0.451 bits per heavy atom. The number of hydrogen-bond donors (Lipinski definition) is 0. The van der Waals surface area contributed by atoms with E-state index >= 15 is 0 Å². The fourth-order valence-corrected chi connectivity index (χ4v) is 6.81. The summed E-state index contributed by atoms with van der Waals surface area (Å²) in [6.07, 6.45) is 1.35. The molecule has 4 aromatic carbocycles. The second kappa shape index (κ2) is 13.3. The molecule has 268 valence electrons. The number of nitrogens with zero attached hydrogens (tertiary/aromatic N) is 2. The summed E-state index contributed by atoms with van der Waals surface area (Å²) in [6.45, 7) is 26.9. The monoisotopic (exact) mass is 681 g/mol. The molecule has 0 saturated carbocycles. The van der Waals surface area contributed by atoms with E-state index < -0.39 is 0 Å². The van der Waals surface area contributed by atoms with Crippen molar-refractivity contribution in [2.75, 3.05) is 0 Å². The molecule has 0 bridgehead atoms. The molecule has 4 nitrogen and oxygen atoms in total. The van der Waals surface area contributed by atoms with Crippen LogP contribution in [0.1, 0.15) is 152 Å². The topological polar surface area (TPSA) is 44.9 Å². The quantitative estimate of drug-likeness (QED) is 0.210. The summed E-state index contributed by atoms with van der Waals surface area (Å²) in [5.41, 5.74) is 9.90. The molecule has 0 unspecified atom stereocenters. The average Bonchev–Trinajstić information content (AvgIpc) is 3.68. The first kappa shape index (κ1) is 36.5. The van der Waals surface area contributed by atoms with Gasteiger partial charge in [-0.3, -0.25) is 0 Å². The average molecular weight is 682 g/mol. The molecule has 2 aliphatic heterocycles. The van der Waals surface area contributed by atoms with Crippen LogP contribution in [0, 0.1) is 0 Å². The molecule has 6 rings (SSSR count). The van der Waals surface area contributed by atoms with E-state index in [9.17, 15) is 0 Å². The normalized spacial score (nSPS) is 22.0. The number of rotatable bonds is 5. The van der Waals surface area contributed by atoms with Gasteiger partial charge in [0.2, 0.25) is 5.90 Å². The molecular weight excluding hydrogens is 625 g/mol. The molecule has 4 heteroatoms. The van der Waals surface area contributed by atoms with Gasteiger partial charge in [-0.15, -0.1) is 0 Å². The lowest BCUT2D eigenvalue weighted by Gasteiger charge is -2.28. The SMILES string of the molecule is CC(C)(C)c1ccc([C@@H]2N=C(/C=C3\[N-][C@@H](c4ccc(C(C)(C)C)cc4)[C@H](c4ccc(C(C)(C)C)cc4)O3)O[C@H]2c2ccc(C(C)(C)C)cc2)cc1. The van der Waals surface area contributed by atoms with Crippen molar-refractivity contribution in [1.82, 2.24) is 0 Å². The fourth-order valence-electron chi connectivity index (χ4n) is 6.81. The first-order valence-electron chi connectivity index (χ1n) is 18.5. The van der Waals surface area contributed by atoms with Crippen LogP contribution >= 0.6 is 0 Å². The summed E-state index contributed by atoms with van der Waals surface area (Å²) in [6, 6.07) is 35.0. The van der Waals surface area contributed by atoms with Gasteiger partial charge in [0.25, 0.3) is 0 Å². The molecule has 4 aromatic rings. The Morgan fingerprint density at radius 2 is 0.804 bits per heavy atom. The minimum Gasteiger partial charge on any atom is -0.644 e. The number of ether oxygens (including phenoxy) is 2. The van der Waals surface area contributed by atoms with Crippen LogP contribution in [0.2, 0.25) is 0 Å². The number of hydrogen-bond acceptors (Lipinski definition) is 3. The van der Waals surface area contributed by atoms with E-state index in [-0.39, 0.29) is 46.0 Å². The van der Waals surface area contributed by atoms with Gasteiger partial charge < -0.3 is 14.8 Å². The summed E-state index contributed by atoms with van der Waals surface area (Å²) in [4.78, 5) is 5.19. The van der Waals surface area contributed by atoms with Gasteiger partial charge >= 0.3 is 0 Å². The molecule has 51 heavy (non-hydrogen) atoms. The van der Waals surface area contributed by atoms with Crippen LogP contribution in [0.3, 0.4) is 0 Å². The van der Waals surface area contributed by atoms with Crippen LogP contribution in [0.5, 0.6) is 0 Å².